The summed E-state index contributed by atoms with van der Waals surface area (Å²) in [7, 11) is 0. The van der Waals surface area contributed by atoms with Gasteiger partial charge in [0.25, 0.3) is 5.91 Å². The predicted octanol–water partition coefficient (Wildman–Crippen LogP) is 4.15. The molecule has 1 aromatic rings. The molecule has 1 aromatic heterocycles. The van der Waals surface area contributed by atoms with Crippen molar-refractivity contribution in [1.82, 2.24) is 10.3 Å². The van der Waals surface area contributed by atoms with Crippen molar-refractivity contribution in [1.29, 1.82) is 0 Å². The Balaban J connectivity index is 2.06. The van der Waals surface area contributed by atoms with Crippen molar-refractivity contribution in [3.8, 4) is 0 Å². The molecule has 146 valence electrons. The highest BCUT2D eigenvalue weighted by atomic mass is 19.4. The highest BCUT2D eigenvalue weighted by Gasteiger charge is 2.36. The molecule has 0 bridgehead atoms. The molecule has 0 aliphatic heterocycles. The molecule has 0 atom stereocenters. The third-order valence-electron chi connectivity index (χ3n) is 3.67. The van der Waals surface area contributed by atoms with Crippen molar-refractivity contribution in [2.75, 3.05) is 5.32 Å². The van der Waals surface area contributed by atoms with Gasteiger partial charge in [-0.05, 0) is 51.3 Å². The van der Waals surface area contributed by atoms with Crippen molar-refractivity contribution in [2.24, 2.45) is 0 Å². The molecule has 0 saturated heterocycles. The Kier molecular flexibility index (Phi) is 6.08. The number of halogens is 3. The zero-order valence-electron chi connectivity index (χ0n) is 15.4. The molecular weight excluding hydrogens is 359 g/mol. The second-order valence-corrected chi connectivity index (χ2v) is 7.28. The van der Waals surface area contributed by atoms with E-state index in [9.17, 15) is 22.8 Å². The summed E-state index contributed by atoms with van der Waals surface area (Å²) in [5.74, 6) is -0.998. The zero-order chi connectivity index (χ0) is 20.2. The van der Waals surface area contributed by atoms with Crippen molar-refractivity contribution in [2.45, 2.75) is 51.7 Å². The molecule has 0 unspecified atom stereocenters. The zero-order valence-corrected chi connectivity index (χ0v) is 15.4. The second kappa shape index (κ2) is 7.94. The van der Waals surface area contributed by atoms with Crippen LogP contribution in [0, 0.1) is 0 Å². The van der Waals surface area contributed by atoms with Crippen LogP contribution in [0.25, 0.3) is 0 Å². The largest absolute Gasteiger partial charge is 0.416 e. The molecule has 0 radical (unpaired) electrons. The standard InChI is InChI=1S/C19H22F3N3O2/c1-18(2,3)25-17(27)15-11-13(8-9-23-15)24-16(26)10-12-6-4-5-7-14(12)19(20,21)22/h6-9,11H,4-5,10H2,1-3H3,(H,25,27)(H,23,24,26). The Labute approximate surface area is 155 Å². The van der Waals surface area contributed by atoms with Gasteiger partial charge < -0.3 is 10.6 Å². The second-order valence-electron chi connectivity index (χ2n) is 7.28. The first-order valence-electron chi connectivity index (χ1n) is 8.51. The summed E-state index contributed by atoms with van der Waals surface area (Å²) in [4.78, 5) is 28.3. The summed E-state index contributed by atoms with van der Waals surface area (Å²) in [5.41, 5.74) is -0.848. The highest BCUT2D eigenvalue weighted by molar-refractivity contribution is 5.96. The van der Waals surface area contributed by atoms with E-state index < -0.39 is 35.5 Å². The number of carbonyl (C=O) groups excluding carboxylic acids is 2. The Hall–Kier alpha value is -2.64. The smallest absolute Gasteiger partial charge is 0.346 e. The lowest BCUT2D eigenvalue weighted by molar-refractivity contribution is -0.115. The molecule has 1 aliphatic rings. The van der Waals surface area contributed by atoms with Crippen LogP contribution in [0.4, 0.5) is 18.9 Å². The van der Waals surface area contributed by atoms with Crippen LogP contribution >= 0.6 is 0 Å². The fourth-order valence-corrected chi connectivity index (χ4v) is 2.61. The lowest BCUT2D eigenvalue weighted by atomic mass is 9.94. The fourth-order valence-electron chi connectivity index (χ4n) is 2.61. The number of hydrogen-bond acceptors (Lipinski definition) is 3. The highest BCUT2D eigenvalue weighted by Crippen LogP contribution is 2.35. The number of carbonyl (C=O) groups is 2. The normalized spacial score (nSPS) is 14.9. The quantitative estimate of drug-likeness (QED) is 0.823. The molecule has 2 N–H and O–H groups in total. The lowest BCUT2D eigenvalue weighted by Crippen LogP contribution is -2.40. The van der Waals surface area contributed by atoms with E-state index in [4.69, 9.17) is 0 Å². The Morgan fingerprint density at radius 1 is 1.15 bits per heavy atom. The number of rotatable bonds is 4. The molecule has 1 aliphatic carbocycles. The molecule has 27 heavy (non-hydrogen) atoms. The number of pyridine rings is 1. The van der Waals surface area contributed by atoms with Crippen LogP contribution in [0.5, 0.6) is 0 Å². The molecule has 2 amide bonds. The van der Waals surface area contributed by atoms with Gasteiger partial charge in [0, 0.05) is 17.4 Å². The minimum absolute atomic E-state index is 0.0361. The molecule has 0 aromatic carbocycles. The Bertz CT molecular complexity index is 790. The first kappa shape index (κ1) is 20.7. The van der Waals surface area contributed by atoms with Crippen LogP contribution in [0.15, 0.2) is 41.6 Å². The van der Waals surface area contributed by atoms with Crippen LogP contribution in [0.1, 0.15) is 50.5 Å². The minimum atomic E-state index is -4.48. The number of amides is 2. The first-order valence-corrected chi connectivity index (χ1v) is 8.51. The molecular formula is C19H22F3N3O2. The summed E-state index contributed by atoms with van der Waals surface area (Å²) in [5, 5.41) is 5.27. The SMILES string of the molecule is CC(C)(C)NC(=O)c1cc(NC(=O)CC2=CCCC=C2C(F)(F)F)ccn1. The van der Waals surface area contributed by atoms with Crippen LogP contribution in [-0.2, 0) is 4.79 Å². The number of nitrogens with one attached hydrogen (secondary N) is 2. The third-order valence-corrected chi connectivity index (χ3v) is 3.67. The minimum Gasteiger partial charge on any atom is -0.346 e. The van der Waals surface area contributed by atoms with Gasteiger partial charge in [0.1, 0.15) is 5.69 Å². The molecule has 0 fully saturated rings. The predicted molar refractivity (Wildman–Crippen MR) is 96.2 cm³/mol. The number of aromatic nitrogens is 1. The van der Waals surface area contributed by atoms with Crippen LogP contribution in [0.2, 0.25) is 0 Å². The molecule has 8 heteroatoms. The fraction of sp³-hybridized carbons (Fsp3) is 0.421. The lowest BCUT2D eigenvalue weighted by Gasteiger charge is -2.20. The molecule has 0 spiro atoms. The summed E-state index contributed by atoms with van der Waals surface area (Å²) in [6.07, 6.45) is -0.195. The average Bonchev–Trinajstić information content (AvgIpc) is 2.53. The van der Waals surface area contributed by atoms with Crippen LogP contribution in [-0.4, -0.2) is 28.5 Å². The van der Waals surface area contributed by atoms with Gasteiger partial charge in [-0.15, -0.1) is 0 Å². The molecule has 5 nitrogen and oxygen atoms in total. The van der Waals surface area contributed by atoms with Gasteiger partial charge in [0.05, 0.1) is 12.0 Å². The van der Waals surface area contributed by atoms with Crippen LogP contribution in [0.3, 0.4) is 0 Å². The average molecular weight is 381 g/mol. The van der Waals surface area contributed by atoms with Gasteiger partial charge in [-0.2, -0.15) is 13.2 Å². The number of anilines is 1. The monoisotopic (exact) mass is 381 g/mol. The summed E-state index contributed by atoms with van der Waals surface area (Å²) in [6, 6.07) is 2.86. The molecule has 2 rings (SSSR count). The summed E-state index contributed by atoms with van der Waals surface area (Å²) < 4.78 is 39.2. The van der Waals surface area contributed by atoms with Gasteiger partial charge in [-0.1, -0.05) is 12.2 Å². The van der Waals surface area contributed by atoms with E-state index in [1.807, 2.05) is 20.8 Å². The van der Waals surface area contributed by atoms with E-state index in [-0.39, 0.29) is 11.3 Å². The topological polar surface area (TPSA) is 71.1 Å². The number of nitrogens with zero attached hydrogens (tertiary/aromatic N) is 1. The van der Waals surface area contributed by atoms with E-state index in [1.54, 1.807) is 0 Å². The maximum atomic E-state index is 13.1. The van der Waals surface area contributed by atoms with Gasteiger partial charge in [-0.25, -0.2) is 0 Å². The Morgan fingerprint density at radius 3 is 2.44 bits per heavy atom. The van der Waals surface area contributed by atoms with Crippen molar-refractivity contribution < 1.29 is 22.8 Å². The van der Waals surface area contributed by atoms with Crippen molar-refractivity contribution in [3.05, 3.63) is 47.3 Å². The Morgan fingerprint density at radius 2 is 1.81 bits per heavy atom. The molecule has 1 heterocycles. The molecule has 0 saturated carbocycles. The van der Waals surface area contributed by atoms with E-state index >= 15 is 0 Å². The van der Waals surface area contributed by atoms with E-state index in [0.717, 1.165) is 6.08 Å². The summed E-state index contributed by atoms with van der Waals surface area (Å²) >= 11 is 0. The van der Waals surface area contributed by atoms with E-state index in [2.05, 4.69) is 15.6 Å². The van der Waals surface area contributed by atoms with E-state index in [1.165, 1.54) is 24.4 Å². The maximum absolute atomic E-state index is 13.1. The van der Waals surface area contributed by atoms with Gasteiger partial charge >= 0.3 is 6.18 Å². The first-order chi connectivity index (χ1) is 12.5. The van der Waals surface area contributed by atoms with Crippen molar-refractivity contribution >= 4 is 17.5 Å². The number of alkyl halides is 3. The maximum Gasteiger partial charge on any atom is 0.416 e. The van der Waals surface area contributed by atoms with Gasteiger partial charge in [0.15, 0.2) is 0 Å². The summed E-state index contributed by atoms with van der Waals surface area (Å²) in [6.45, 7) is 5.46. The van der Waals surface area contributed by atoms with Crippen LogP contribution < -0.4 is 10.6 Å². The van der Waals surface area contributed by atoms with Gasteiger partial charge in [-0.3, -0.25) is 14.6 Å². The number of allylic oxidation sites excluding steroid dienone is 3. The van der Waals surface area contributed by atoms with E-state index in [0.29, 0.717) is 18.5 Å². The third kappa shape index (κ3) is 6.23. The van der Waals surface area contributed by atoms with Crippen molar-refractivity contribution in [3.63, 3.8) is 0 Å². The number of hydrogen-bond donors (Lipinski definition) is 2. The van der Waals surface area contributed by atoms with Gasteiger partial charge in [0.2, 0.25) is 5.91 Å².